The molecule has 3 aromatic rings. The van der Waals surface area contributed by atoms with Crippen LogP contribution in [0.15, 0.2) is 48.5 Å². The highest BCUT2D eigenvalue weighted by molar-refractivity contribution is 5.88. The second-order valence-corrected chi connectivity index (χ2v) is 8.79. The number of fused-ring (bicyclic) bond motifs is 1. The third-order valence-electron chi connectivity index (χ3n) is 6.34. The molecule has 0 saturated carbocycles. The number of piperazine rings is 1. The molecule has 1 atom stereocenters. The van der Waals surface area contributed by atoms with Crippen molar-refractivity contribution in [2.45, 2.75) is 38.5 Å². The van der Waals surface area contributed by atoms with Crippen LogP contribution in [0.3, 0.4) is 0 Å². The second-order valence-electron chi connectivity index (χ2n) is 8.79. The summed E-state index contributed by atoms with van der Waals surface area (Å²) in [6, 6.07) is 16.2. The number of carbonyl (C=O) groups is 1. The number of hydrogen-bond acceptors (Lipinski definition) is 6. The van der Waals surface area contributed by atoms with Crippen LogP contribution in [0.1, 0.15) is 44.2 Å². The lowest BCUT2D eigenvalue weighted by Gasteiger charge is -2.37. The highest BCUT2D eigenvalue weighted by atomic mass is 19.1. The fourth-order valence-electron chi connectivity index (χ4n) is 4.37. The molecule has 1 amide bonds. The Hall–Kier alpha value is -3.73. The molecule has 35 heavy (non-hydrogen) atoms. The summed E-state index contributed by atoms with van der Waals surface area (Å²) in [6.45, 7) is 5.40. The van der Waals surface area contributed by atoms with E-state index in [1.807, 2.05) is 24.3 Å². The van der Waals surface area contributed by atoms with E-state index in [0.717, 1.165) is 36.9 Å². The largest absolute Gasteiger partial charge is 0.368 e. The molecule has 8 heteroatoms. The number of amides is 1. The van der Waals surface area contributed by atoms with E-state index in [1.165, 1.54) is 12.1 Å². The van der Waals surface area contributed by atoms with E-state index in [9.17, 15) is 14.4 Å². The van der Waals surface area contributed by atoms with E-state index in [0.29, 0.717) is 49.8 Å². The molecule has 182 valence electrons. The maximum absolute atomic E-state index is 13.3. The lowest BCUT2D eigenvalue weighted by Crippen LogP contribution is -2.47. The second kappa shape index (κ2) is 11.6. The van der Waals surface area contributed by atoms with Gasteiger partial charge in [0.15, 0.2) is 11.7 Å². The quantitative estimate of drug-likeness (QED) is 0.463. The maximum atomic E-state index is 13.3. The average molecular weight is 475 g/mol. The summed E-state index contributed by atoms with van der Waals surface area (Å²) in [6.07, 6.45) is 4.19. The van der Waals surface area contributed by atoms with Gasteiger partial charge in [-0.3, -0.25) is 4.79 Å². The number of unbranched alkanes of at least 4 members (excludes halogenated alkanes) is 3. The minimum absolute atomic E-state index is 0.255. The fraction of sp³-hybridized carbons (Fsp3) is 0.407. The van der Waals surface area contributed by atoms with Crippen molar-refractivity contribution in [2.75, 3.05) is 42.5 Å². The van der Waals surface area contributed by atoms with Crippen molar-refractivity contribution in [2.24, 2.45) is 0 Å². The predicted octanol–water partition coefficient (Wildman–Crippen LogP) is 4.40. The summed E-state index contributed by atoms with van der Waals surface area (Å²) in [5.74, 6) is -1.05. The first kappa shape index (κ1) is 24.4. The number of rotatable bonds is 9. The van der Waals surface area contributed by atoms with Crippen LogP contribution in [0.5, 0.6) is 0 Å². The zero-order valence-corrected chi connectivity index (χ0v) is 20.1. The van der Waals surface area contributed by atoms with E-state index in [-0.39, 0.29) is 11.7 Å². The van der Waals surface area contributed by atoms with Crippen molar-refractivity contribution >= 4 is 28.4 Å². The number of halogens is 1. The molecule has 4 rings (SSSR count). The molecule has 0 bridgehead atoms. The maximum Gasteiger partial charge on any atom is 0.243 e. The first-order valence-corrected chi connectivity index (χ1v) is 12.3. The van der Waals surface area contributed by atoms with Crippen molar-refractivity contribution in [3.63, 3.8) is 0 Å². The Morgan fingerprint density at radius 1 is 1.00 bits per heavy atom. The monoisotopic (exact) mass is 474 g/mol. The molecule has 2 aromatic carbocycles. The van der Waals surface area contributed by atoms with Crippen LogP contribution < -0.4 is 15.1 Å². The summed E-state index contributed by atoms with van der Waals surface area (Å²) in [5, 5.41) is 12.9. The summed E-state index contributed by atoms with van der Waals surface area (Å²) >= 11 is 0. The van der Waals surface area contributed by atoms with E-state index < -0.39 is 5.92 Å². The third-order valence-corrected chi connectivity index (χ3v) is 6.34. The van der Waals surface area contributed by atoms with Crippen LogP contribution in [0.4, 0.5) is 15.9 Å². The zero-order chi connectivity index (χ0) is 24.6. The fourth-order valence-corrected chi connectivity index (χ4v) is 4.37. The van der Waals surface area contributed by atoms with Crippen LogP contribution in [-0.2, 0) is 4.79 Å². The first-order chi connectivity index (χ1) is 17.1. The lowest BCUT2D eigenvalue weighted by atomic mass is 10.0. The van der Waals surface area contributed by atoms with Crippen molar-refractivity contribution in [3.05, 3.63) is 60.0 Å². The van der Waals surface area contributed by atoms with E-state index in [1.54, 1.807) is 12.1 Å². The molecule has 1 unspecified atom stereocenters. The van der Waals surface area contributed by atoms with Gasteiger partial charge in [-0.2, -0.15) is 5.26 Å². The Morgan fingerprint density at radius 2 is 1.66 bits per heavy atom. The van der Waals surface area contributed by atoms with E-state index in [2.05, 4.69) is 28.1 Å². The standard InChI is InChI=1S/C27H31FN6O/c1-2-3-4-7-14-30-27(35)22(19-29)25-26(32-24-9-6-5-8-23(24)31-25)34-17-15-33(16-18-34)21-12-10-20(28)11-13-21/h5-6,8-13,22H,2-4,7,14-18H2,1H3,(H,30,35). The zero-order valence-electron chi connectivity index (χ0n) is 20.1. The number of para-hydroxylation sites is 2. The molecule has 2 heterocycles. The van der Waals surface area contributed by atoms with Crippen LogP contribution in [-0.4, -0.2) is 48.6 Å². The molecule has 0 aliphatic carbocycles. The van der Waals surface area contributed by atoms with Gasteiger partial charge in [0.05, 0.1) is 17.1 Å². The van der Waals surface area contributed by atoms with Crippen LogP contribution >= 0.6 is 0 Å². The number of nitrogens with one attached hydrogen (secondary N) is 1. The van der Waals surface area contributed by atoms with E-state index in [4.69, 9.17) is 9.97 Å². The lowest BCUT2D eigenvalue weighted by molar-refractivity contribution is -0.121. The smallest absolute Gasteiger partial charge is 0.243 e. The number of carbonyl (C=O) groups excluding carboxylic acids is 1. The van der Waals surface area contributed by atoms with Crippen LogP contribution in [0, 0.1) is 17.1 Å². The highest BCUT2D eigenvalue weighted by Gasteiger charge is 2.30. The van der Waals surface area contributed by atoms with Gasteiger partial charge in [0.25, 0.3) is 0 Å². The van der Waals surface area contributed by atoms with Crippen molar-refractivity contribution in [3.8, 4) is 6.07 Å². The molecule has 1 aliphatic heterocycles. The number of hydrogen-bond donors (Lipinski definition) is 1. The van der Waals surface area contributed by atoms with Crippen LogP contribution in [0.2, 0.25) is 0 Å². The van der Waals surface area contributed by atoms with Crippen LogP contribution in [0.25, 0.3) is 11.0 Å². The molecule has 7 nitrogen and oxygen atoms in total. The molecule has 1 aromatic heterocycles. The topological polar surface area (TPSA) is 85.1 Å². The number of benzene rings is 2. The number of aromatic nitrogens is 2. The Kier molecular flexibility index (Phi) is 8.09. The van der Waals surface area contributed by atoms with Gasteiger partial charge in [-0.25, -0.2) is 14.4 Å². The van der Waals surface area contributed by atoms with Gasteiger partial charge >= 0.3 is 0 Å². The minimum atomic E-state index is -1.04. The van der Waals surface area contributed by atoms with Gasteiger partial charge in [-0.15, -0.1) is 0 Å². The molecule has 1 N–H and O–H groups in total. The molecule has 0 radical (unpaired) electrons. The predicted molar refractivity (Wildman–Crippen MR) is 136 cm³/mol. The van der Waals surface area contributed by atoms with Crippen molar-refractivity contribution in [1.29, 1.82) is 5.26 Å². The number of nitrogens with zero attached hydrogens (tertiary/aromatic N) is 5. The molecule has 0 spiro atoms. The Morgan fingerprint density at radius 3 is 2.31 bits per heavy atom. The van der Waals surface area contributed by atoms with Gasteiger partial charge in [-0.1, -0.05) is 38.3 Å². The Bertz CT molecular complexity index is 1180. The first-order valence-electron chi connectivity index (χ1n) is 12.3. The molecule has 1 saturated heterocycles. The third kappa shape index (κ3) is 5.86. The Balaban J connectivity index is 1.56. The summed E-state index contributed by atoms with van der Waals surface area (Å²) < 4.78 is 13.3. The summed E-state index contributed by atoms with van der Waals surface area (Å²) in [7, 11) is 0. The molecular weight excluding hydrogens is 443 g/mol. The highest BCUT2D eigenvalue weighted by Crippen LogP contribution is 2.29. The van der Waals surface area contributed by atoms with Gasteiger partial charge in [-0.05, 0) is 42.8 Å². The molecule has 1 aliphatic rings. The SMILES string of the molecule is CCCCCCNC(=O)C(C#N)c1nc2ccccc2nc1N1CCN(c2ccc(F)cc2)CC1. The minimum Gasteiger partial charge on any atom is -0.368 e. The normalized spacial score (nSPS) is 14.5. The Labute approximate surface area is 205 Å². The van der Waals surface area contributed by atoms with Crippen molar-refractivity contribution in [1.82, 2.24) is 15.3 Å². The van der Waals surface area contributed by atoms with E-state index >= 15 is 0 Å². The summed E-state index contributed by atoms with van der Waals surface area (Å²) in [4.78, 5) is 26.9. The molecular formula is C27H31FN6O. The van der Waals surface area contributed by atoms with Crippen molar-refractivity contribution < 1.29 is 9.18 Å². The summed E-state index contributed by atoms with van der Waals surface area (Å²) in [5.41, 5.74) is 2.75. The van der Waals surface area contributed by atoms with Gasteiger partial charge < -0.3 is 15.1 Å². The number of anilines is 2. The number of nitriles is 1. The molecule has 1 fully saturated rings. The van der Waals surface area contributed by atoms with Gasteiger partial charge in [0.2, 0.25) is 5.91 Å². The van der Waals surface area contributed by atoms with Gasteiger partial charge in [0.1, 0.15) is 11.5 Å². The average Bonchev–Trinajstić information content (AvgIpc) is 2.89. The van der Waals surface area contributed by atoms with Gasteiger partial charge in [0, 0.05) is 38.4 Å².